The van der Waals surface area contributed by atoms with Crippen molar-refractivity contribution in [1.82, 2.24) is 10.2 Å². The predicted octanol–water partition coefficient (Wildman–Crippen LogP) is 3.29. The van der Waals surface area contributed by atoms with Gasteiger partial charge < -0.3 is 10.1 Å². The van der Waals surface area contributed by atoms with E-state index in [-0.39, 0.29) is 0 Å². The number of morpholine rings is 1. The van der Waals surface area contributed by atoms with Gasteiger partial charge in [0, 0.05) is 25.7 Å². The Labute approximate surface area is 131 Å². The molecule has 0 aromatic carbocycles. The van der Waals surface area contributed by atoms with Crippen LogP contribution in [0, 0.1) is 11.3 Å². The Morgan fingerprint density at radius 2 is 2.10 bits per heavy atom. The lowest BCUT2D eigenvalue weighted by Gasteiger charge is -2.47. The van der Waals surface area contributed by atoms with Crippen LogP contribution in [0.25, 0.3) is 0 Å². The van der Waals surface area contributed by atoms with Gasteiger partial charge in [-0.15, -0.1) is 0 Å². The van der Waals surface area contributed by atoms with E-state index in [1.807, 2.05) is 0 Å². The van der Waals surface area contributed by atoms with Crippen LogP contribution in [0.1, 0.15) is 59.8 Å². The Morgan fingerprint density at radius 1 is 1.29 bits per heavy atom. The van der Waals surface area contributed by atoms with Gasteiger partial charge in [-0.1, -0.05) is 33.6 Å². The van der Waals surface area contributed by atoms with Crippen LogP contribution in [0.2, 0.25) is 0 Å². The van der Waals surface area contributed by atoms with Crippen molar-refractivity contribution in [2.75, 3.05) is 32.8 Å². The molecule has 2 rings (SSSR count). The highest BCUT2D eigenvalue weighted by Gasteiger charge is 2.38. The smallest absolute Gasteiger partial charge is 0.0674 e. The lowest BCUT2D eigenvalue weighted by atomic mass is 9.69. The minimum Gasteiger partial charge on any atom is -0.376 e. The zero-order valence-electron chi connectivity index (χ0n) is 14.7. The number of hydrogen-bond acceptors (Lipinski definition) is 3. The van der Waals surface area contributed by atoms with Crippen molar-refractivity contribution in [2.24, 2.45) is 11.3 Å². The van der Waals surface area contributed by atoms with Gasteiger partial charge in [-0.25, -0.2) is 0 Å². The highest BCUT2D eigenvalue weighted by molar-refractivity contribution is 4.92. The molecule has 4 unspecified atom stereocenters. The van der Waals surface area contributed by atoms with Gasteiger partial charge in [-0.05, 0) is 44.1 Å². The monoisotopic (exact) mass is 296 g/mol. The highest BCUT2D eigenvalue weighted by Crippen LogP contribution is 2.40. The van der Waals surface area contributed by atoms with Gasteiger partial charge in [-0.3, -0.25) is 4.90 Å². The van der Waals surface area contributed by atoms with Gasteiger partial charge in [0.1, 0.15) is 0 Å². The summed E-state index contributed by atoms with van der Waals surface area (Å²) >= 11 is 0. The average molecular weight is 296 g/mol. The molecule has 0 aromatic heterocycles. The molecule has 0 amide bonds. The summed E-state index contributed by atoms with van der Waals surface area (Å²) in [6, 6.07) is 0.622. The second kappa shape index (κ2) is 7.94. The molecule has 0 radical (unpaired) electrons. The van der Waals surface area contributed by atoms with E-state index in [0.29, 0.717) is 17.6 Å². The SMILES string of the molecule is CCNCC1(CN2CC(C)OCC2CC)CCCC(C)C1. The molecule has 0 aromatic rings. The molecule has 1 saturated heterocycles. The van der Waals surface area contributed by atoms with E-state index in [0.717, 1.165) is 25.6 Å². The van der Waals surface area contributed by atoms with E-state index in [2.05, 4.69) is 37.9 Å². The maximum atomic E-state index is 5.88. The van der Waals surface area contributed by atoms with Crippen LogP contribution in [-0.4, -0.2) is 49.8 Å². The lowest BCUT2D eigenvalue weighted by Crippen LogP contribution is -2.55. The van der Waals surface area contributed by atoms with Gasteiger partial charge in [-0.2, -0.15) is 0 Å². The van der Waals surface area contributed by atoms with Crippen molar-refractivity contribution in [2.45, 2.75) is 71.9 Å². The number of nitrogens with one attached hydrogen (secondary N) is 1. The molecular formula is C18H36N2O. The summed E-state index contributed by atoms with van der Waals surface area (Å²) in [5.41, 5.74) is 0.484. The summed E-state index contributed by atoms with van der Waals surface area (Å²) in [7, 11) is 0. The molecule has 1 aliphatic heterocycles. The molecule has 21 heavy (non-hydrogen) atoms. The minimum absolute atomic E-state index is 0.394. The fraction of sp³-hybridized carbons (Fsp3) is 1.00. The summed E-state index contributed by atoms with van der Waals surface area (Å²) < 4.78 is 5.88. The first-order valence-electron chi connectivity index (χ1n) is 9.15. The minimum atomic E-state index is 0.394. The van der Waals surface area contributed by atoms with E-state index < -0.39 is 0 Å². The molecule has 1 heterocycles. The van der Waals surface area contributed by atoms with Crippen LogP contribution in [0.5, 0.6) is 0 Å². The zero-order valence-corrected chi connectivity index (χ0v) is 14.7. The standard InChI is InChI=1S/C18H36N2O/c1-5-17-12-21-16(4)11-20(17)14-18(13-19-6-2)9-7-8-15(3)10-18/h15-17,19H,5-14H2,1-4H3. The van der Waals surface area contributed by atoms with Crippen LogP contribution >= 0.6 is 0 Å². The lowest BCUT2D eigenvalue weighted by molar-refractivity contribution is -0.0748. The molecular weight excluding hydrogens is 260 g/mol. The fourth-order valence-corrected chi connectivity index (χ4v) is 4.43. The summed E-state index contributed by atoms with van der Waals surface area (Å²) in [6.07, 6.45) is 7.22. The van der Waals surface area contributed by atoms with Gasteiger partial charge in [0.05, 0.1) is 12.7 Å². The van der Waals surface area contributed by atoms with Crippen LogP contribution < -0.4 is 5.32 Å². The fourth-order valence-electron chi connectivity index (χ4n) is 4.43. The van der Waals surface area contributed by atoms with Gasteiger partial charge in [0.25, 0.3) is 0 Å². The van der Waals surface area contributed by atoms with E-state index in [9.17, 15) is 0 Å². The normalized spacial score (nSPS) is 38.6. The molecule has 2 fully saturated rings. The van der Waals surface area contributed by atoms with Gasteiger partial charge in [0.15, 0.2) is 0 Å². The second-order valence-corrected chi connectivity index (χ2v) is 7.62. The van der Waals surface area contributed by atoms with E-state index in [1.165, 1.54) is 45.2 Å². The summed E-state index contributed by atoms with van der Waals surface area (Å²) in [6.45, 7) is 14.8. The molecule has 3 nitrogen and oxygen atoms in total. The third-order valence-electron chi connectivity index (χ3n) is 5.53. The molecule has 1 saturated carbocycles. The molecule has 1 aliphatic carbocycles. The van der Waals surface area contributed by atoms with Crippen molar-refractivity contribution in [1.29, 1.82) is 0 Å². The zero-order chi connectivity index (χ0) is 15.3. The molecule has 0 spiro atoms. The van der Waals surface area contributed by atoms with E-state index in [4.69, 9.17) is 4.74 Å². The second-order valence-electron chi connectivity index (χ2n) is 7.62. The maximum Gasteiger partial charge on any atom is 0.0674 e. The van der Waals surface area contributed by atoms with Crippen molar-refractivity contribution in [3.8, 4) is 0 Å². The largest absolute Gasteiger partial charge is 0.376 e. The first-order valence-corrected chi connectivity index (χ1v) is 9.15. The van der Waals surface area contributed by atoms with Crippen LogP contribution in [0.3, 0.4) is 0 Å². The Balaban J connectivity index is 2.05. The first-order chi connectivity index (χ1) is 10.1. The summed E-state index contributed by atoms with van der Waals surface area (Å²) in [5.74, 6) is 0.885. The quantitative estimate of drug-likeness (QED) is 0.814. The van der Waals surface area contributed by atoms with Gasteiger partial charge >= 0.3 is 0 Å². The summed E-state index contributed by atoms with van der Waals surface area (Å²) in [5, 5.41) is 3.66. The third-order valence-corrected chi connectivity index (χ3v) is 5.53. The van der Waals surface area contributed by atoms with Crippen LogP contribution in [-0.2, 0) is 4.74 Å². The first kappa shape index (κ1) is 17.2. The topological polar surface area (TPSA) is 24.5 Å². The molecule has 1 N–H and O–H groups in total. The van der Waals surface area contributed by atoms with E-state index >= 15 is 0 Å². The van der Waals surface area contributed by atoms with Crippen LogP contribution in [0.4, 0.5) is 0 Å². The maximum absolute atomic E-state index is 5.88. The molecule has 4 atom stereocenters. The molecule has 124 valence electrons. The van der Waals surface area contributed by atoms with Crippen molar-refractivity contribution in [3.05, 3.63) is 0 Å². The summed E-state index contributed by atoms with van der Waals surface area (Å²) in [4.78, 5) is 2.74. The third kappa shape index (κ3) is 4.67. The predicted molar refractivity (Wildman–Crippen MR) is 89.7 cm³/mol. The Kier molecular flexibility index (Phi) is 6.51. The Bertz CT molecular complexity index is 310. The molecule has 0 bridgehead atoms. The number of rotatable bonds is 6. The number of nitrogens with zero attached hydrogens (tertiary/aromatic N) is 1. The van der Waals surface area contributed by atoms with Gasteiger partial charge in [0.2, 0.25) is 0 Å². The molecule has 3 heteroatoms. The molecule has 2 aliphatic rings. The van der Waals surface area contributed by atoms with Crippen molar-refractivity contribution < 1.29 is 4.74 Å². The Morgan fingerprint density at radius 3 is 2.76 bits per heavy atom. The van der Waals surface area contributed by atoms with Crippen molar-refractivity contribution >= 4 is 0 Å². The highest BCUT2D eigenvalue weighted by atomic mass is 16.5. The Hall–Kier alpha value is -0.120. The average Bonchev–Trinajstić information content (AvgIpc) is 2.45. The van der Waals surface area contributed by atoms with Crippen molar-refractivity contribution in [3.63, 3.8) is 0 Å². The number of ether oxygens (including phenoxy) is 1. The van der Waals surface area contributed by atoms with E-state index in [1.54, 1.807) is 0 Å². The van der Waals surface area contributed by atoms with Crippen LogP contribution in [0.15, 0.2) is 0 Å². The number of hydrogen-bond donors (Lipinski definition) is 1.